The quantitative estimate of drug-likeness (QED) is 0.898. The molecule has 3 rings (SSSR count). The van der Waals surface area contributed by atoms with Crippen LogP contribution in [0, 0.1) is 0 Å². The van der Waals surface area contributed by atoms with Crippen molar-refractivity contribution in [1.29, 1.82) is 0 Å². The van der Waals surface area contributed by atoms with Crippen molar-refractivity contribution < 1.29 is 19.1 Å². The van der Waals surface area contributed by atoms with Crippen LogP contribution in [0.3, 0.4) is 0 Å². The molecule has 1 aromatic carbocycles. The molecule has 7 nitrogen and oxygen atoms in total. The third-order valence-corrected chi connectivity index (χ3v) is 4.19. The van der Waals surface area contributed by atoms with Crippen molar-refractivity contribution in [1.82, 2.24) is 9.78 Å². The lowest BCUT2D eigenvalue weighted by Crippen LogP contribution is -2.18. The number of methoxy groups -OCH3 is 2. The van der Waals surface area contributed by atoms with Gasteiger partial charge in [0.05, 0.1) is 32.0 Å². The number of carbonyl (C=O) groups excluding carboxylic acids is 2. The van der Waals surface area contributed by atoms with Gasteiger partial charge in [-0.15, -0.1) is 0 Å². The summed E-state index contributed by atoms with van der Waals surface area (Å²) in [5, 5.41) is 4.29. The second-order valence-corrected chi connectivity index (χ2v) is 5.62. The maximum atomic E-state index is 12.2. The van der Waals surface area contributed by atoms with Crippen molar-refractivity contribution in [2.45, 2.75) is 25.8 Å². The minimum absolute atomic E-state index is 0.0524. The van der Waals surface area contributed by atoms with Gasteiger partial charge in [-0.2, -0.15) is 5.10 Å². The van der Waals surface area contributed by atoms with Crippen molar-refractivity contribution in [2.24, 2.45) is 5.73 Å². The van der Waals surface area contributed by atoms with Gasteiger partial charge in [-0.1, -0.05) is 12.1 Å². The van der Waals surface area contributed by atoms with Gasteiger partial charge in [-0.05, 0) is 18.9 Å². The molecule has 2 aromatic rings. The molecule has 0 spiro atoms. The lowest BCUT2D eigenvalue weighted by atomic mass is 9.94. The van der Waals surface area contributed by atoms with Crippen LogP contribution < -0.4 is 15.2 Å². The molecule has 7 heteroatoms. The fourth-order valence-corrected chi connectivity index (χ4v) is 3.13. The summed E-state index contributed by atoms with van der Waals surface area (Å²) in [5.41, 5.74) is 7.42. The number of nitrogens with zero attached hydrogens (tertiary/aromatic N) is 2. The SMILES string of the molecule is COc1cccc(Cn2nc(C(N)=O)c3c2CCCC3=O)c1OC. The van der Waals surface area contributed by atoms with Gasteiger partial charge in [0.2, 0.25) is 0 Å². The summed E-state index contributed by atoms with van der Waals surface area (Å²) in [6, 6.07) is 5.55. The molecule has 0 saturated heterocycles. The van der Waals surface area contributed by atoms with E-state index in [1.165, 1.54) is 0 Å². The summed E-state index contributed by atoms with van der Waals surface area (Å²) in [7, 11) is 3.14. The van der Waals surface area contributed by atoms with E-state index in [0.717, 1.165) is 17.7 Å². The normalized spacial score (nSPS) is 13.5. The Balaban J connectivity index is 2.07. The highest BCUT2D eigenvalue weighted by atomic mass is 16.5. The molecule has 126 valence electrons. The van der Waals surface area contributed by atoms with Crippen LogP contribution in [0.1, 0.15) is 44.9 Å². The highest BCUT2D eigenvalue weighted by molar-refractivity contribution is 6.07. The predicted octanol–water partition coefficient (Wildman–Crippen LogP) is 1.57. The number of fused-ring (bicyclic) bond motifs is 1. The van der Waals surface area contributed by atoms with E-state index in [0.29, 0.717) is 36.4 Å². The van der Waals surface area contributed by atoms with Crippen LogP contribution >= 0.6 is 0 Å². The Bertz CT molecular complexity index is 810. The number of amides is 1. The summed E-state index contributed by atoms with van der Waals surface area (Å²) >= 11 is 0. The molecule has 1 aromatic heterocycles. The number of Topliss-reactive ketones (excluding diaryl/α,β-unsaturated/α-hetero) is 1. The topological polar surface area (TPSA) is 96.4 Å². The number of benzene rings is 1. The van der Waals surface area contributed by atoms with Crippen LogP contribution in [-0.4, -0.2) is 35.7 Å². The van der Waals surface area contributed by atoms with Crippen LogP contribution in [0.15, 0.2) is 18.2 Å². The highest BCUT2D eigenvalue weighted by Gasteiger charge is 2.29. The average Bonchev–Trinajstić information content (AvgIpc) is 2.95. The molecule has 0 fully saturated rings. The summed E-state index contributed by atoms with van der Waals surface area (Å²) < 4.78 is 12.4. The number of nitrogens with two attached hydrogens (primary N) is 1. The van der Waals surface area contributed by atoms with Gasteiger partial charge >= 0.3 is 0 Å². The minimum Gasteiger partial charge on any atom is -0.493 e. The molecule has 0 radical (unpaired) electrons. The van der Waals surface area contributed by atoms with Crippen LogP contribution in [0.2, 0.25) is 0 Å². The number of rotatable bonds is 5. The van der Waals surface area contributed by atoms with Gasteiger partial charge < -0.3 is 15.2 Å². The van der Waals surface area contributed by atoms with Crippen LogP contribution in [0.25, 0.3) is 0 Å². The zero-order valence-corrected chi connectivity index (χ0v) is 13.7. The van der Waals surface area contributed by atoms with Gasteiger partial charge in [0, 0.05) is 12.0 Å². The standard InChI is InChI=1S/C17H19N3O4/c1-23-13-8-3-5-10(16(13)24-2)9-20-11-6-4-7-12(21)14(11)15(19-20)17(18)22/h3,5,8H,4,6-7,9H2,1-2H3,(H2,18,22). The lowest BCUT2D eigenvalue weighted by Gasteiger charge is -2.16. The fraction of sp³-hybridized carbons (Fsp3) is 0.353. The Morgan fingerprint density at radius 3 is 2.75 bits per heavy atom. The maximum Gasteiger partial charge on any atom is 0.269 e. The van der Waals surface area contributed by atoms with E-state index in [1.807, 2.05) is 12.1 Å². The van der Waals surface area contributed by atoms with E-state index in [2.05, 4.69) is 5.10 Å². The van der Waals surface area contributed by atoms with E-state index in [4.69, 9.17) is 15.2 Å². The van der Waals surface area contributed by atoms with Crippen LogP contribution in [0.5, 0.6) is 11.5 Å². The fourth-order valence-electron chi connectivity index (χ4n) is 3.13. The zero-order chi connectivity index (χ0) is 17.3. The first-order valence-corrected chi connectivity index (χ1v) is 7.69. The molecule has 1 aliphatic carbocycles. The van der Waals surface area contributed by atoms with Crippen molar-refractivity contribution in [3.05, 3.63) is 40.7 Å². The number of primary amides is 1. The second-order valence-electron chi connectivity index (χ2n) is 5.62. The molecule has 2 N–H and O–H groups in total. The molecule has 0 atom stereocenters. The number of aromatic nitrogens is 2. The average molecular weight is 329 g/mol. The number of hydrogen-bond acceptors (Lipinski definition) is 5. The van der Waals surface area contributed by atoms with Gasteiger partial charge in [0.15, 0.2) is 23.0 Å². The predicted molar refractivity (Wildman–Crippen MR) is 86.7 cm³/mol. The van der Waals surface area contributed by atoms with Gasteiger partial charge in [0.1, 0.15) is 0 Å². The first-order chi connectivity index (χ1) is 11.6. The first kappa shape index (κ1) is 16.0. The summed E-state index contributed by atoms with van der Waals surface area (Å²) in [5.74, 6) is 0.459. The van der Waals surface area contributed by atoms with Crippen LogP contribution in [0.4, 0.5) is 0 Å². The highest BCUT2D eigenvalue weighted by Crippen LogP contribution is 2.32. The lowest BCUT2D eigenvalue weighted by molar-refractivity contribution is 0.0948. The first-order valence-electron chi connectivity index (χ1n) is 7.69. The molecular weight excluding hydrogens is 310 g/mol. The molecule has 0 unspecified atom stereocenters. The third-order valence-electron chi connectivity index (χ3n) is 4.19. The smallest absolute Gasteiger partial charge is 0.269 e. The van der Waals surface area contributed by atoms with Gasteiger partial charge in [-0.25, -0.2) is 0 Å². The number of ether oxygens (including phenoxy) is 2. The Morgan fingerprint density at radius 1 is 1.29 bits per heavy atom. The number of para-hydroxylation sites is 1. The molecule has 24 heavy (non-hydrogen) atoms. The maximum absolute atomic E-state index is 12.2. The largest absolute Gasteiger partial charge is 0.493 e. The molecule has 1 heterocycles. The van der Waals surface area contributed by atoms with Crippen molar-refractivity contribution >= 4 is 11.7 Å². The molecular formula is C17H19N3O4. The second kappa shape index (κ2) is 6.35. The number of hydrogen-bond donors (Lipinski definition) is 1. The van der Waals surface area contributed by atoms with Crippen molar-refractivity contribution in [2.75, 3.05) is 14.2 Å². The van der Waals surface area contributed by atoms with Crippen molar-refractivity contribution in [3.8, 4) is 11.5 Å². The Labute approximate surface area is 139 Å². The number of ketones is 1. The Kier molecular flexibility index (Phi) is 4.24. The monoisotopic (exact) mass is 329 g/mol. The molecule has 0 aliphatic heterocycles. The van der Waals surface area contributed by atoms with E-state index < -0.39 is 5.91 Å². The third kappa shape index (κ3) is 2.62. The van der Waals surface area contributed by atoms with Crippen LogP contribution in [-0.2, 0) is 13.0 Å². The van der Waals surface area contributed by atoms with E-state index in [-0.39, 0.29) is 11.5 Å². The summed E-state index contributed by atoms with van der Waals surface area (Å²) in [6.07, 6.45) is 1.85. The van der Waals surface area contributed by atoms with E-state index >= 15 is 0 Å². The number of carbonyl (C=O) groups is 2. The summed E-state index contributed by atoms with van der Waals surface area (Å²) in [4.78, 5) is 23.9. The molecule has 1 aliphatic rings. The molecule has 0 bridgehead atoms. The minimum atomic E-state index is -0.683. The van der Waals surface area contributed by atoms with E-state index in [1.54, 1.807) is 25.0 Å². The Morgan fingerprint density at radius 2 is 2.08 bits per heavy atom. The molecule has 0 saturated carbocycles. The zero-order valence-electron chi connectivity index (χ0n) is 13.7. The molecule has 1 amide bonds. The van der Waals surface area contributed by atoms with Crippen molar-refractivity contribution in [3.63, 3.8) is 0 Å². The van der Waals surface area contributed by atoms with Gasteiger partial charge in [0.25, 0.3) is 5.91 Å². The summed E-state index contributed by atoms with van der Waals surface area (Å²) in [6.45, 7) is 0.364. The van der Waals surface area contributed by atoms with E-state index in [9.17, 15) is 9.59 Å². The Hall–Kier alpha value is -2.83. The van der Waals surface area contributed by atoms with Gasteiger partial charge in [-0.3, -0.25) is 14.3 Å².